The summed E-state index contributed by atoms with van der Waals surface area (Å²) in [7, 11) is 0. The standard InChI is InChI=1S/C20H24O5/c1-5-6-7-15(22)24-14-9-11(3)16-13(21)8-10(2)17(16)19-18(14)12(4)20(23)25-19/h5,12,14,17-19H,1-2,6-9H2,3-4H3/t12-,14-,17?,18?,19+/m0/s1. The van der Waals surface area contributed by atoms with Crippen molar-refractivity contribution in [2.45, 2.75) is 51.7 Å². The third-order valence-electron chi connectivity index (χ3n) is 5.58. The number of carbonyl (C=O) groups excluding carboxylic acids is 3. The van der Waals surface area contributed by atoms with Crippen molar-refractivity contribution in [3.05, 3.63) is 36.0 Å². The molecule has 5 heteroatoms. The quantitative estimate of drug-likeness (QED) is 0.579. The number of Topliss-reactive ketones (excluding diaryl/α,β-unsaturated/α-hetero) is 1. The van der Waals surface area contributed by atoms with Crippen LogP contribution in [0.3, 0.4) is 0 Å². The molecule has 2 aliphatic carbocycles. The predicted molar refractivity (Wildman–Crippen MR) is 91.4 cm³/mol. The molecule has 1 saturated heterocycles. The van der Waals surface area contributed by atoms with Crippen LogP contribution in [-0.2, 0) is 23.9 Å². The van der Waals surface area contributed by atoms with Crippen LogP contribution >= 0.6 is 0 Å². The van der Waals surface area contributed by atoms with E-state index in [1.54, 1.807) is 13.0 Å². The molecule has 25 heavy (non-hydrogen) atoms. The van der Waals surface area contributed by atoms with Crippen LogP contribution in [0, 0.1) is 17.8 Å². The molecule has 1 saturated carbocycles. The molecule has 1 heterocycles. The molecule has 1 aliphatic heterocycles. The Morgan fingerprint density at radius 2 is 2.12 bits per heavy atom. The van der Waals surface area contributed by atoms with E-state index in [1.807, 2.05) is 6.92 Å². The number of fused-ring (bicyclic) bond motifs is 3. The van der Waals surface area contributed by atoms with Crippen LogP contribution in [0.2, 0.25) is 0 Å². The first-order chi connectivity index (χ1) is 11.8. The number of esters is 2. The van der Waals surface area contributed by atoms with E-state index in [1.165, 1.54) is 0 Å². The van der Waals surface area contributed by atoms with Gasteiger partial charge in [0.05, 0.1) is 5.92 Å². The van der Waals surface area contributed by atoms with Gasteiger partial charge < -0.3 is 9.47 Å². The van der Waals surface area contributed by atoms with Gasteiger partial charge in [-0.3, -0.25) is 14.4 Å². The zero-order chi connectivity index (χ0) is 18.3. The van der Waals surface area contributed by atoms with Crippen molar-refractivity contribution in [2.24, 2.45) is 17.8 Å². The van der Waals surface area contributed by atoms with Gasteiger partial charge in [0, 0.05) is 36.7 Å². The maximum absolute atomic E-state index is 12.4. The first kappa shape index (κ1) is 17.6. The highest BCUT2D eigenvalue weighted by molar-refractivity contribution is 6.02. The van der Waals surface area contributed by atoms with E-state index in [2.05, 4.69) is 13.2 Å². The summed E-state index contributed by atoms with van der Waals surface area (Å²) in [6.45, 7) is 11.3. The molecule has 0 aromatic heterocycles. The largest absolute Gasteiger partial charge is 0.462 e. The summed E-state index contributed by atoms with van der Waals surface area (Å²) in [5, 5.41) is 0. The van der Waals surface area contributed by atoms with Crippen LogP contribution in [0.1, 0.15) is 39.5 Å². The maximum atomic E-state index is 12.4. The maximum Gasteiger partial charge on any atom is 0.309 e. The van der Waals surface area contributed by atoms with Crippen molar-refractivity contribution in [1.29, 1.82) is 0 Å². The molecular weight excluding hydrogens is 320 g/mol. The molecular formula is C20H24O5. The summed E-state index contributed by atoms with van der Waals surface area (Å²) < 4.78 is 11.4. The van der Waals surface area contributed by atoms with E-state index in [9.17, 15) is 14.4 Å². The number of hydrogen-bond acceptors (Lipinski definition) is 5. The monoisotopic (exact) mass is 344 g/mol. The third kappa shape index (κ3) is 2.96. The topological polar surface area (TPSA) is 69.7 Å². The van der Waals surface area contributed by atoms with Crippen molar-refractivity contribution in [2.75, 3.05) is 0 Å². The molecule has 2 fully saturated rings. The van der Waals surface area contributed by atoms with Crippen LogP contribution in [0.25, 0.3) is 0 Å². The SMILES string of the molecule is C=CCCC(=O)O[C@H]1CC(C)=C2C(=O)CC(=C)C2[C@H]2OC(=O)[C@@H](C)C21. The average Bonchev–Trinajstić information content (AvgIpc) is 2.95. The Labute approximate surface area is 147 Å². The Morgan fingerprint density at radius 3 is 2.80 bits per heavy atom. The number of allylic oxidation sites excluding steroid dienone is 1. The number of hydrogen-bond donors (Lipinski definition) is 0. The minimum absolute atomic E-state index is 0.0421. The van der Waals surface area contributed by atoms with Gasteiger partial charge in [0.15, 0.2) is 5.78 Å². The highest BCUT2D eigenvalue weighted by atomic mass is 16.6. The smallest absolute Gasteiger partial charge is 0.309 e. The van der Waals surface area contributed by atoms with Gasteiger partial charge in [-0.25, -0.2) is 0 Å². The molecule has 0 aromatic carbocycles. The van der Waals surface area contributed by atoms with E-state index in [4.69, 9.17) is 9.47 Å². The van der Waals surface area contributed by atoms with E-state index in [-0.39, 0.29) is 41.9 Å². The average molecular weight is 344 g/mol. The molecule has 3 rings (SSSR count). The lowest BCUT2D eigenvalue weighted by Gasteiger charge is -2.29. The van der Waals surface area contributed by atoms with E-state index >= 15 is 0 Å². The van der Waals surface area contributed by atoms with Gasteiger partial charge in [0.1, 0.15) is 12.2 Å². The lowest BCUT2D eigenvalue weighted by Crippen LogP contribution is -2.37. The van der Waals surface area contributed by atoms with Crippen LogP contribution in [0.15, 0.2) is 36.0 Å². The lowest BCUT2D eigenvalue weighted by atomic mass is 9.80. The molecule has 5 atom stereocenters. The first-order valence-electron chi connectivity index (χ1n) is 8.76. The Bertz CT molecular complexity index is 686. The highest BCUT2D eigenvalue weighted by Crippen LogP contribution is 2.49. The van der Waals surface area contributed by atoms with Gasteiger partial charge in [0.2, 0.25) is 0 Å². The molecule has 2 unspecified atom stereocenters. The number of ketones is 1. The second kappa shape index (κ2) is 6.62. The fraction of sp³-hybridized carbons (Fsp3) is 0.550. The Hall–Kier alpha value is -2.17. The number of carbonyl (C=O) groups is 3. The van der Waals surface area contributed by atoms with Gasteiger partial charge in [-0.1, -0.05) is 30.7 Å². The van der Waals surface area contributed by atoms with Crippen LogP contribution in [0.5, 0.6) is 0 Å². The Balaban J connectivity index is 1.96. The fourth-order valence-electron chi connectivity index (χ4n) is 4.39. The Morgan fingerprint density at radius 1 is 1.40 bits per heavy atom. The van der Waals surface area contributed by atoms with Gasteiger partial charge in [-0.05, 0) is 13.3 Å². The van der Waals surface area contributed by atoms with Gasteiger partial charge in [0.25, 0.3) is 0 Å². The molecule has 0 amide bonds. The minimum atomic E-state index is -0.480. The van der Waals surface area contributed by atoms with E-state index in [0.29, 0.717) is 24.8 Å². The number of rotatable bonds is 4. The van der Waals surface area contributed by atoms with E-state index in [0.717, 1.165) is 11.1 Å². The number of ether oxygens (including phenoxy) is 2. The summed E-state index contributed by atoms with van der Waals surface area (Å²) >= 11 is 0. The molecule has 5 nitrogen and oxygen atoms in total. The summed E-state index contributed by atoms with van der Waals surface area (Å²) in [6.07, 6.45) is 2.27. The summed E-state index contributed by atoms with van der Waals surface area (Å²) in [5.41, 5.74) is 2.40. The molecule has 134 valence electrons. The predicted octanol–water partition coefficient (Wildman–Crippen LogP) is 2.91. The highest BCUT2D eigenvalue weighted by Gasteiger charge is 2.56. The van der Waals surface area contributed by atoms with Crippen molar-refractivity contribution in [3.63, 3.8) is 0 Å². The van der Waals surface area contributed by atoms with Gasteiger partial charge in [-0.2, -0.15) is 0 Å². The van der Waals surface area contributed by atoms with Crippen molar-refractivity contribution in [3.8, 4) is 0 Å². The molecule has 0 N–H and O–H groups in total. The molecule has 0 aromatic rings. The Kier molecular flexibility index (Phi) is 4.67. The zero-order valence-electron chi connectivity index (χ0n) is 14.7. The third-order valence-corrected chi connectivity index (χ3v) is 5.58. The van der Waals surface area contributed by atoms with Crippen molar-refractivity contribution < 1.29 is 23.9 Å². The summed E-state index contributed by atoms with van der Waals surface area (Å²) in [6, 6.07) is 0. The summed E-state index contributed by atoms with van der Waals surface area (Å²) in [5.74, 6) is -1.49. The molecule has 0 spiro atoms. The van der Waals surface area contributed by atoms with Crippen molar-refractivity contribution in [1.82, 2.24) is 0 Å². The first-order valence-corrected chi connectivity index (χ1v) is 8.76. The second-order valence-corrected chi connectivity index (χ2v) is 7.26. The summed E-state index contributed by atoms with van der Waals surface area (Å²) in [4.78, 5) is 36.8. The normalized spacial score (nSPS) is 34.3. The molecule has 3 aliphatic rings. The fourth-order valence-corrected chi connectivity index (χ4v) is 4.39. The minimum Gasteiger partial charge on any atom is -0.462 e. The van der Waals surface area contributed by atoms with E-state index < -0.39 is 12.2 Å². The lowest BCUT2D eigenvalue weighted by molar-refractivity contribution is -0.153. The van der Waals surface area contributed by atoms with Crippen molar-refractivity contribution >= 4 is 17.7 Å². The molecule has 0 bridgehead atoms. The van der Waals surface area contributed by atoms with Gasteiger partial charge >= 0.3 is 11.9 Å². The van der Waals surface area contributed by atoms with Gasteiger partial charge in [-0.15, -0.1) is 6.58 Å². The van der Waals surface area contributed by atoms with Crippen LogP contribution < -0.4 is 0 Å². The van der Waals surface area contributed by atoms with Crippen LogP contribution in [0.4, 0.5) is 0 Å². The molecule has 0 radical (unpaired) electrons. The zero-order valence-corrected chi connectivity index (χ0v) is 14.7. The van der Waals surface area contributed by atoms with Crippen LogP contribution in [-0.4, -0.2) is 29.9 Å². The second-order valence-electron chi connectivity index (χ2n) is 7.26.